The van der Waals surface area contributed by atoms with E-state index in [4.69, 9.17) is 9.47 Å². The summed E-state index contributed by atoms with van der Waals surface area (Å²) >= 11 is 0. The summed E-state index contributed by atoms with van der Waals surface area (Å²) in [5.41, 5.74) is 1.58. The number of ether oxygens (including phenoxy) is 2. The van der Waals surface area contributed by atoms with Crippen LogP contribution in [0.1, 0.15) is 33.9 Å². The Morgan fingerprint density at radius 2 is 1.81 bits per heavy atom. The number of carbonyl (C=O) groups excluding carboxylic acids is 2. The second-order valence-corrected chi connectivity index (χ2v) is 8.26. The number of rotatable bonds is 7. The van der Waals surface area contributed by atoms with Gasteiger partial charge in [-0.15, -0.1) is 0 Å². The fourth-order valence-corrected chi connectivity index (χ4v) is 4.12. The van der Waals surface area contributed by atoms with Crippen LogP contribution >= 0.6 is 0 Å². The molecule has 186 valence electrons. The second kappa shape index (κ2) is 10.6. The van der Waals surface area contributed by atoms with Crippen LogP contribution in [0.5, 0.6) is 11.5 Å². The SMILES string of the molecule is COc1ccc(C2=NN(C(=O)CN(C)C(=O)c3cccc(F)c3)[C@H](c3ccccc3F)C2)c(OC)c1. The number of amides is 2. The van der Waals surface area contributed by atoms with Gasteiger partial charge in [-0.1, -0.05) is 24.3 Å². The van der Waals surface area contributed by atoms with Gasteiger partial charge in [-0.2, -0.15) is 5.10 Å². The Hall–Kier alpha value is -4.27. The molecule has 36 heavy (non-hydrogen) atoms. The van der Waals surface area contributed by atoms with Crippen LogP contribution in [0, 0.1) is 11.6 Å². The van der Waals surface area contributed by atoms with Crippen molar-refractivity contribution in [2.45, 2.75) is 12.5 Å². The molecule has 0 bridgehead atoms. The molecule has 3 aromatic carbocycles. The van der Waals surface area contributed by atoms with E-state index in [0.29, 0.717) is 28.3 Å². The molecule has 0 saturated carbocycles. The second-order valence-electron chi connectivity index (χ2n) is 8.26. The van der Waals surface area contributed by atoms with Crippen LogP contribution in [-0.4, -0.2) is 55.2 Å². The fraction of sp³-hybridized carbons (Fsp3) is 0.222. The zero-order valence-corrected chi connectivity index (χ0v) is 20.1. The van der Waals surface area contributed by atoms with Crippen LogP contribution in [-0.2, 0) is 4.79 Å². The Morgan fingerprint density at radius 3 is 2.50 bits per heavy atom. The Balaban J connectivity index is 1.65. The molecule has 3 aromatic rings. The number of likely N-dealkylation sites (N-methyl/N-ethyl adjacent to an activating group) is 1. The van der Waals surface area contributed by atoms with Gasteiger partial charge in [-0.05, 0) is 36.4 Å². The van der Waals surface area contributed by atoms with Gasteiger partial charge in [0.2, 0.25) is 0 Å². The van der Waals surface area contributed by atoms with Crippen LogP contribution in [0.4, 0.5) is 8.78 Å². The van der Waals surface area contributed by atoms with Gasteiger partial charge in [0.15, 0.2) is 0 Å². The Bertz CT molecular complexity index is 1330. The van der Waals surface area contributed by atoms with Crippen LogP contribution in [0.2, 0.25) is 0 Å². The van der Waals surface area contributed by atoms with Crippen molar-refractivity contribution in [2.75, 3.05) is 27.8 Å². The third-order valence-electron chi connectivity index (χ3n) is 5.94. The molecule has 1 atom stereocenters. The van der Waals surface area contributed by atoms with E-state index in [2.05, 4.69) is 5.10 Å². The number of hydrazone groups is 1. The number of nitrogens with zero attached hydrogens (tertiary/aromatic N) is 3. The quantitative estimate of drug-likeness (QED) is 0.488. The first-order chi connectivity index (χ1) is 17.3. The number of carbonyl (C=O) groups is 2. The maximum Gasteiger partial charge on any atom is 0.262 e. The minimum atomic E-state index is -0.724. The lowest BCUT2D eigenvalue weighted by Gasteiger charge is -2.25. The van der Waals surface area contributed by atoms with Crippen LogP contribution in [0.15, 0.2) is 71.8 Å². The smallest absolute Gasteiger partial charge is 0.262 e. The van der Waals surface area contributed by atoms with Crippen molar-refractivity contribution in [2.24, 2.45) is 5.10 Å². The van der Waals surface area contributed by atoms with E-state index in [-0.39, 0.29) is 18.5 Å². The summed E-state index contributed by atoms with van der Waals surface area (Å²) in [5, 5.41) is 5.74. The van der Waals surface area contributed by atoms with Crippen molar-refractivity contribution in [3.63, 3.8) is 0 Å². The van der Waals surface area contributed by atoms with Gasteiger partial charge >= 0.3 is 0 Å². The molecule has 0 unspecified atom stereocenters. The summed E-state index contributed by atoms with van der Waals surface area (Å²) in [6.45, 7) is -0.336. The Labute approximate surface area is 207 Å². The lowest BCUT2D eigenvalue weighted by molar-refractivity contribution is -0.133. The molecule has 0 radical (unpaired) electrons. The largest absolute Gasteiger partial charge is 0.497 e. The van der Waals surface area contributed by atoms with Gasteiger partial charge in [-0.3, -0.25) is 9.59 Å². The summed E-state index contributed by atoms with van der Waals surface area (Å²) in [4.78, 5) is 27.3. The number of halogens is 2. The van der Waals surface area contributed by atoms with E-state index >= 15 is 0 Å². The molecule has 7 nitrogen and oxygen atoms in total. The van der Waals surface area contributed by atoms with Crippen molar-refractivity contribution >= 4 is 17.5 Å². The topological polar surface area (TPSA) is 71.4 Å². The maximum absolute atomic E-state index is 14.8. The highest BCUT2D eigenvalue weighted by atomic mass is 19.1. The van der Waals surface area contributed by atoms with E-state index in [0.717, 1.165) is 6.07 Å². The van der Waals surface area contributed by atoms with E-state index in [1.165, 1.54) is 55.4 Å². The fourth-order valence-electron chi connectivity index (χ4n) is 4.12. The molecule has 9 heteroatoms. The average molecular weight is 494 g/mol. The van der Waals surface area contributed by atoms with Crippen LogP contribution in [0.25, 0.3) is 0 Å². The minimum absolute atomic E-state index is 0.115. The standard InChI is InChI=1S/C27H25F2N3O4/c1-31(27(34)17-7-6-8-18(28)13-17)16-26(33)32-24(20-9-4-5-10-22(20)29)15-23(30-32)21-12-11-19(35-2)14-25(21)36-3/h4-14,24H,15-16H2,1-3H3/t24-/m0/s1. The molecule has 0 saturated heterocycles. The summed E-state index contributed by atoms with van der Waals surface area (Å²) in [6, 6.07) is 15.9. The molecular weight excluding hydrogens is 468 g/mol. The van der Waals surface area contributed by atoms with Crippen molar-refractivity contribution in [1.82, 2.24) is 9.91 Å². The predicted octanol–water partition coefficient (Wildman–Crippen LogP) is 4.43. The molecule has 1 heterocycles. The molecular formula is C27H25F2N3O4. The van der Waals surface area contributed by atoms with Crippen molar-refractivity contribution < 1.29 is 27.8 Å². The number of hydrogen-bond donors (Lipinski definition) is 0. The first kappa shape index (κ1) is 24.8. The van der Waals surface area contributed by atoms with Gasteiger partial charge < -0.3 is 14.4 Å². The van der Waals surface area contributed by atoms with E-state index in [9.17, 15) is 18.4 Å². The molecule has 0 spiro atoms. The normalized spacial score (nSPS) is 14.9. The van der Waals surface area contributed by atoms with Crippen LogP contribution in [0.3, 0.4) is 0 Å². The number of benzene rings is 3. The summed E-state index contributed by atoms with van der Waals surface area (Å²) < 4.78 is 39.1. The van der Waals surface area contributed by atoms with Gasteiger partial charge in [-0.25, -0.2) is 13.8 Å². The summed E-state index contributed by atoms with van der Waals surface area (Å²) in [7, 11) is 4.49. The zero-order chi connectivity index (χ0) is 25.8. The Kier molecular flexibility index (Phi) is 7.28. The molecule has 0 aromatic heterocycles. The maximum atomic E-state index is 14.8. The highest BCUT2D eigenvalue weighted by Crippen LogP contribution is 2.37. The highest BCUT2D eigenvalue weighted by Gasteiger charge is 2.36. The highest BCUT2D eigenvalue weighted by molar-refractivity contribution is 6.05. The molecule has 0 fully saturated rings. The average Bonchev–Trinajstić information content (AvgIpc) is 3.33. The van der Waals surface area contributed by atoms with Gasteiger partial charge in [0.05, 0.1) is 26.0 Å². The van der Waals surface area contributed by atoms with E-state index < -0.39 is 29.5 Å². The van der Waals surface area contributed by atoms with Gasteiger partial charge in [0.25, 0.3) is 11.8 Å². The van der Waals surface area contributed by atoms with Crippen LogP contribution < -0.4 is 9.47 Å². The lowest BCUT2D eigenvalue weighted by Crippen LogP contribution is -2.39. The Morgan fingerprint density at radius 1 is 1.03 bits per heavy atom. The first-order valence-corrected chi connectivity index (χ1v) is 11.2. The monoisotopic (exact) mass is 493 g/mol. The third kappa shape index (κ3) is 5.05. The number of methoxy groups -OCH3 is 2. The number of hydrogen-bond acceptors (Lipinski definition) is 5. The molecule has 0 aliphatic carbocycles. The molecule has 0 N–H and O–H groups in total. The lowest BCUT2D eigenvalue weighted by atomic mass is 9.97. The zero-order valence-electron chi connectivity index (χ0n) is 20.1. The minimum Gasteiger partial charge on any atom is -0.497 e. The van der Waals surface area contributed by atoms with Crippen molar-refractivity contribution in [3.8, 4) is 11.5 Å². The molecule has 1 aliphatic rings. The van der Waals surface area contributed by atoms with Crippen molar-refractivity contribution in [3.05, 3.63) is 95.1 Å². The predicted molar refractivity (Wildman–Crippen MR) is 130 cm³/mol. The summed E-state index contributed by atoms with van der Waals surface area (Å²) in [5.74, 6) is -0.980. The van der Waals surface area contributed by atoms with Gasteiger partial charge in [0, 0.05) is 36.2 Å². The first-order valence-electron chi connectivity index (χ1n) is 11.2. The summed E-state index contributed by atoms with van der Waals surface area (Å²) in [6.07, 6.45) is 0.233. The molecule has 4 rings (SSSR count). The van der Waals surface area contributed by atoms with Crippen molar-refractivity contribution in [1.29, 1.82) is 0 Å². The molecule has 1 aliphatic heterocycles. The third-order valence-corrected chi connectivity index (χ3v) is 5.94. The van der Waals surface area contributed by atoms with Gasteiger partial charge in [0.1, 0.15) is 29.7 Å². The molecule has 2 amide bonds. The van der Waals surface area contributed by atoms with E-state index in [1.807, 2.05) is 0 Å². The van der Waals surface area contributed by atoms with E-state index in [1.54, 1.807) is 36.4 Å².